The number of anilines is 1. The number of hydrogen-bond acceptors (Lipinski definition) is 6. The standard InChI is InChI=1S/C26H22ClN5O3/c1-3-30-24(33)21-23(32-15-19(28-25(30)32)12-16-7-5-4-6-8-16)29-26(34-2)31(21)14-17-11-18-9-10-35-22(18)20(27)13-17/h4-13H,3,14-15H2,1-2H3/b19-12+. The van der Waals surface area contributed by atoms with Crippen molar-refractivity contribution in [1.29, 1.82) is 0 Å². The van der Waals surface area contributed by atoms with E-state index in [9.17, 15) is 4.79 Å². The number of halogens is 1. The third-order valence-electron chi connectivity index (χ3n) is 6.20. The molecule has 0 atom stereocenters. The first kappa shape index (κ1) is 21.5. The van der Waals surface area contributed by atoms with Crippen LogP contribution in [0.2, 0.25) is 5.02 Å². The highest BCUT2D eigenvalue weighted by Gasteiger charge is 2.42. The summed E-state index contributed by atoms with van der Waals surface area (Å²) in [4.78, 5) is 26.8. The summed E-state index contributed by atoms with van der Waals surface area (Å²) in [5.41, 5.74) is 3.92. The summed E-state index contributed by atoms with van der Waals surface area (Å²) in [6, 6.07) is 16.1. The van der Waals surface area contributed by atoms with E-state index in [-0.39, 0.29) is 5.91 Å². The van der Waals surface area contributed by atoms with Crippen molar-refractivity contribution in [2.45, 2.75) is 13.5 Å². The number of fused-ring (bicyclic) bond motifs is 4. The van der Waals surface area contributed by atoms with Gasteiger partial charge in [0.2, 0.25) is 5.96 Å². The molecule has 0 radical (unpaired) electrons. The van der Waals surface area contributed by atoms with Gasteiger partial charge in [0.15, 0.2) is 17.1 Å². The molecule has 2 aliphatic rings. The van der Waals surface area contributed by atoms with Crippen LogP contribution in [-0.4, -0.2) is 46.5 Å². The number of methoxy groups -OCH3 is 1. The molecule has 9 heteroatoms. The van der Waals surface area contributed by atoms with Crippen LogP contribution in [0.5, 0.6) is 6.01 Å². The van der Waals surface area contributed by atoms with E-state index in [1.54, 1.807) is 22.8 Å². The molecule has 1 amide bonds. The molecule has 0 fully saturated rings. The van der Waals surface area contributed by atoms with Gasteiger partial charge < -0.3 is 9.15 Å². The lowest BCUT2D eigenvalue weighted by Crippen LogP contribution is -2.50. The van der Waals surface area contributed by atoms with Crippen LogP contribution in [-0.2, 0) is 6.54 Å². The number of guanidine groups is 1. The maximum absolute atomic E-state index is 13.7. The van der Waals surface area contributed by atoms with Crippen LogP contribution in [0, 0.1) is 0 Å². The Morgan fingerprint density at radius 2 is 2.03 bits per heavy atom. The first-order valence-electron chi connectivity index (χ1n) is 11.3. The number of imidazole rings is 1. The second-order valence-corrected chi connectivity index (χ2v) is 8.77. The topological polar surface area (TPSA) is 76.1 Å². The molecule has 2 aliphatic heterocycles. The first-order valence-corrected chi connectivity index (χ1v) is 11.7. The van der Waals surface area contributed by atoms with Crippen LogP contribution in [0.4, 0.5) is 5.82 Å². The normalized spacial score (nSPS) is 16.1. The summed E-state index contributed by atoms with van der Waals surface area (Å²) in [5.74, 6) is 0.967. The van der Waals surface area contributed by atoms with E-state index in [0.29, 0.717) is 53.7 Å². The molecule has 0 N–H and O–H groups in total. The van der Waals surface area contributed by atoms with E-state index in [1.807, 2.05) is 66.4 Å². The van der Waals surface area contributed by atoms with Crippen molar-refractivity contribution in [3.8, 4) is 6.01 Å². The van der Waals surface area contributed by atoms with E-state index in [1.165, 1.54) is 0 Å². The minimum Gasteiger partial charge on any atom is -0.468 e. The lowest BCUT2D eigenvalue weighted by molar-refractivity contribution is 0.0835. The van der Waals surface area contributed by atoms with Crippen molar-refractivity contribution in [3.63, 3.8) is 0 Å². The van der Waals surface area contributed by atoms with Crippen LogP contribution < -0.4 is 9.64 Å². The van der Waals surface area contributed by atoms with Gasteiger partial charge in [0.25, 0.3) is 11.9 Å². The fourth-order valence-corrected chi connectivity index (χ4v) is 4.94. The zero-order valence-electron chi connectivity index (χ0n) is 19.2. The second kappa shape index (κ2) is 8.32. The Hall–Kier alpha value is -4.04. The highest BCUT2D eigenvalue weighted by atomic mass is 35.5. The van der Waals surface area contributed by atoms with Crippen molar-refractivity contribution < 1.29 is 13.9 Å². The predicted molar refractivity (Wildman–Crippen MR) is 135 cm³/mol. The summed E-state index contributed by atoms with van der Waals surface area (Å²) in [5, 5.41) is 1.41. The van der Waals surface area contributed by atoms with E-state index in [2.05, 4.69) is 0 Å². The SMILES string of the molecule is CCN1C(=O)c2c(nc(OC)n2Cc2cc(Cl)c3occc3c2)N2C/C(=C\c3ccccc3)N=C12. The monoisotopic (exact) mass is 487 g/mol. The van der Waals surface area contributed by atoms with Crippen molar-refractivity contribution >= 4 is 46.3 Å². The molecule has 176 valence electrons. The Bertz CT molecular complexity index is 1520. The fraction of sp³-hybridized carbons (Fsp3) is 0.192. The molecule has 0 spiro atoms. The molecular weight excluding hydrogens is 466 g/mol. The number of amides is 1. The van der Waals surface area contributed by atoms with E-state index in [0.717, 1.165) is 22.2 Å². The zero-order valence-corrected chi connectivity index (χ0v) is 20.0. The number of benzene rings is 2. The average molecular weight is 488 g/mol. The molecule has 0 aliphatic carbocycles. The third-order valence-corrected chi connectivity index (χ3v) is 6.48. The zero-order chi connectivity index (χ0) is 24.1. The molecule has 4 aromatic rings. The van der Waals surface area contributed by atoms with Gasteiger partial charge in [0.1, 0.15) is 0 Å². The quantitative estimate of drug-likeness (QED) is 0.394. The van der Waals surface area contributed by atoms with Crippen LogP contribution >= 0.6 is 11.6 Å². The number of carbonyl (C=O) groups excluding carboxylic acids is 1. The fourth-order valence-electron chi connectivity index (χ4n) is 4.65. The number of aliphatic imine (C=N–C) groups is 1. The van der Waals surface area contributed by atoms with E-state index < -0.39 is 0 Å². The molecule has 2 aromatic heterocycles. The summed E-state index contributed by atoms with van der Waals surface area (Å²) >= 11 is 6.44. The summed E-state index contributed by atoms with van der Waals surface area (Å²) in [7, 11) is 1.55. The van der Waals surface area contributed by atoms with E-state index >= 15 is 0 Å². The Morgan fingerprint density at radius 1 is 1.20 bits per heavy atom. The van der Waals surface area contributed by atoms with E-state index in [4.69, 9.17) is 30.7 Å². The molecule has 35 heavy (non-hydrogen) atoms. The van der Waals surface area contributed by atoms with Crippen molar-refractivity contribution in [2.24, 2.45) is 4.99 Å². The Kier molecular flexibility index (Phi) is 5.11. The van der Waals surface area contributed by atoms with Crippen LogP contribution in [0.25, 0.3) is 17.0 Å². The van der Waals surface area contributed by atoms with Crippen LogP contribution in [0.15, 0.2) is 69.9 Å². The molecule has 4 heterocycles. The van der Waals surface area contributed by atoms with Crippen molar-refractivity contribution in [1.82, 2.24) is 14.5 Å². The Morgan fingerprint density at radius 3 is 2.80 bits per heavy atom. The van der Waals surface area contributed by atoms with Crippen LogP contribution in [0.3, 0.4) is 0 Å². The average Bonchev–Trinajstić information content (AvgIpc) is 3.57. The molecule has 0 bridgehead atoms. The molecule has 0 saturated heterocycles. The molecule has 8 nitrogen and oxygen atoms in total. The van der Waals surface area contributed by atoms with Gasteiger partial charge in [-0.25, -0.2) is 4.99 Å². The highest BCUT2D eigenvalue weighted by molar-refractivity contribution is 6.34. The van der Waals surface area contributed by atoms with Gasteiger partial charge in [0, 0.05) is 11.9 Å². The van der Waals surface area contributed by atoms with Gasteiger partial charge in [-0.1, -0.05) is 41.9 Å². The summed E-state index contributed by atoms with van der Waals surface area (Å²) in [6.07, 6.45) is 3.64. The number of aromatic nitrogens is 2. The Labute approximate surface area is 206 Å². The van der Waals surface area contributed by atoms with Gasteiger partial charge in [-0.2, -0.15) is 4.98 Å². The maximum Gasteiger partial charge on any atom is 0.299 e. The van der Waals surface area contributed by atoms with Gasteiger partial charge in [-0.3, -0.25) is 19.2 Å². The molecule has 2 aromatic carbocycles. The summed E-state index contributed by atoms with van der Waals surface area (Å²) in [6.45, 7) is 3.29. The lowest BCUT2D eigenvalue weighted by Gasteiger charge is -2.32. The van der Waals surface area contributed by atoms with Crippen molar-refractivity contribution in [2.75, 3.05) is 25.1 Å². The number of ether oxygens (including phenoxy) is 1. The Balaban J connectivity index is 1.43. The number of furan rings is 1. The molecule has 0 unspecified atom stereocenters. The van der Waals surface area contributed by atoms with Crippen molar-refractivity contribution in [3.05, 3.63) is 82.3 Å². The minimum absolute atomic E-state index is 0.162. The van der Waals surface area contributed by atoms with Gasteiger partial charge in [-0.05, 0) is 42.3 Å². The largest absolute Gasteiger partial charge is 0.468 e. The molecule has 6 rings (SSSR count). The van der Waals surface area contributed by atoms with Gasteiger partial charge >= 0.3 is 0 Å². The highest BCUT2D eigenvalue weighted by Crippen LogP contribution is 2.37. The lowest BCUT2D eigenvalue weighted by atomic mass is 10.1. The first-order chi connectivity index (χ1) is 17.1. The second-order valence-electron chi connectivity index (χ2n) is 8.37. The number of hydrogen-bond donors (Lipinski definition) is 0. The smallest absolute Gasteiger partial charge is 0.299 e. The number of nitrogens with zero attached hydrogens (tertiary/aromatic N) is 5. The third kappa shape index (κ3) is 3.49. The maximum atomic E-state index is 13.7. The number of carbonyl (C=O) groups is 1. The molecular formula is C26H22ClN5O3. The van der Waals surface area contributed by atoms with Crippen LogP contribution in [0.1, 0.15) is 28.5 Å². The summed E-state index contributed by atoms with van der Waals surface area (Å²) < 4.78 is 12.9. The predicted octanol–water partition coefficient (Wildman–Crippen LogP) is 5.03. The molecule has 0 saturated carbocycles. The van der Waals surface area contributed by atoms with Gasteiger partial charge in [0.05, 0.1) is 37.2 Å². The number of rotatable bonds is 5. The van der Waals surface area contributed by atoms with Gasteiger partial charge in [-0.15, -0.1) is 0 Å². The minimum atomic E-state index is -0.162.